The molecule has 5 nitrogen and oxygen atoms in total. The second-order valence-electron chi connectivity index (χ2n) is 9.22. The molecule has 3 aromatic rings. The van der Waals surface area contributed by atoms with Gasteiger partial charge in [-0.15, -0.1) is 0 Å². The van der Waals surface area contributed by atoms with E-state index in [2.05, 4.69) is 36.6 Å². The molecule has 2 unspecified atom stereocenters. The van der Waals surface area contributed by atoms with Crippen molar-refractivity contribution in [2.75, 3.05) is 6.54 Å². The van der Waals surface area contributed by atoms with Crippen LogP contribution in [-0.2, 0) is 30.8 Å². The summed E-state index contributed by atoms with van der Waals surface area (Å²) in [6.07, 6.45) is 2.08. The Bertz CT molecular complexity index is 1150. The van der Waals surface area contributed by atoms with E-state index in [1.807, 2.05) is 24.3 Å². The Morgan fingerprint density at radius 1 is 0.972 bits per heavy atom. The predicted octanol–water partition coefficient (Wildman–Crippen LogP) is 5.76. The van der Waals surface area contributed by atoms with Crippen LogP contribution in [0.5, 0.6) is 5.75 Å². The van der Waals surface area contributed by atoms with Crippen molar-refractivity contribution < 1.29 is 15.0 Å². The maximum atomic E-state index is 12.5. The van der Waals surface area contributed by atoms with Gasteiger partial charge in [-0.05, 0) is 78.3 Å². The fourth-order valence-electron chi connectivity index (χ4n) is 4.28. The molecular weight excluding hydrogens is 495 g/mol. The Morgan fingerprint density at radius 3 is 2.39 bits per heavy atom. The number of carbonyl (C=O) groups excluding carboxylic acids is 1. The minimum atomic E-state index is -0.177. The zero-order valence-electron chi connectivity index (χ0n) is 20.7. The highest BCUT2D eigenvalue weighted by Gasteiger charge is 2.14. The van der Waals surface area contributed by atoms with Crippen LogP contribution in [0.25, 0.3) is 0 Å². The van der Waals surface area contributed by atoms with Crippen LogP contribution in [0.1, 0.15) is 54.0 Å². The van der Waals surface area contributed by atoms with E-state index in [0.717, 1.165) is 36.1 Å². The topological polar surface area (TPSA) is 81.6 Å². The van der Waals surface area contributed by atoms with Crippen molar-refractivity contribution in [3.8, 4) is 5.75 Å². The fourth-order valence-corrected chi connectivity index (χ4v) is 4.85. The summed E-state index contributed by atoms with van der Waals surface area (Å²) in [5.74, 6) is 0.346. The van der Waals surface area contributed by atoms with Crippen LogP contribution in [0.4, 0.5) is 0 Å². The molecule has 0 radical (unpaired) electrons. The summed E-state index contributed by atoms with van der Waals surface area (Å²) in [5.41, 5.74) is 4.65. The predicted molar refractivity (Wildman–Crippen MR) is 147 cm³/mol. The van der Waals surface area contributed by atoms with Gasteiger partial charge in [-0.2, -0.15) is 0 Å². The smallest absolute Gasteiger partial charge is 0.224 e. The monoisotopic (exact) mass is 528 g/mol. The average Bonchev–Trinajstić information content (AvgIpc) is 2.83. The van der Waals surface area contributed by atoms with E-state index >= 15 is 0 Å². The Kier molecular flexibility index (Phi) is 10.6. The fraction of sp³-hybridized carbons (Fsp3) is 0.345. The molecule has 0 saturated heterocycles. The van der Waals surface area contributed by atoms with Crippen molar-refractivity contribution in [1.82, 2.24) is 10.6 Å². The van der Waals surface area contributed by atoms with E-state index in [-0.39, 0.29) is 30.2 Å². The van der Waals surface area contributed by atoms with Gasteiger partial charge in [0.25, 0.3) is 0 Å². The van der Waals surface area contributed by atoms with E-state index in [9.17, 15) is 15.0 Å². The summed E-state index contributed by atoms with van der Waals surface area (Å²) in [7, 11) is 0. The van der Waals surface area contributed by atoms with Gasteiger partial charge in [0.1, 0.15) is 5.75 Å². The van der Waals surface area contributed by atoms with E-state index in [0.29, 0.717) is 28.6 Å². The third-order valence-electron chi connectivity index (χ3n) is 6.26. The number of aromatic hydroxyl groups is 1. The first-order valence-electron chi connectivity index (χ1n) is 12.2. The number of aliphatic hydroxyl groups is 1. The number of hydrogen-bond acceptors (Lipinski definition) is 4. The Labute approximate surface area is 223 Å². The lowest BCUT2D eigenvalue weighted by Gasteiger charge is -2.21. The minimum Gasteiger partial charge on any atom is -0.508 e. The molecule has 0 spiro atoms. The number of halogens is 2. The van der Waals surface area contributed by atoms with E-state index in [1.54, 1.807) is 24.3 Å². The number of aliphatic hydroxyl groups excluding tert-OH is 1. The molecule has 192 valence electrons. The van der Waals surface area contributed by atoms with Crippen LogP contribution in [0.15, 0.2) is 60.7 Å². The van der Waals surface area contributed by atoms with Crippen molar-refractivity contribution in [2.45, 2.75) is 58.2 Å². The van der Waals surface area contributed by atoms with Gasteiger partial charge in [0.05, 0.1) is 13.0 Å². The third kappa shape index (κ3) is 8.52. The highest BCUT2D eigenvalue weighted by molar-refractivity contribution is 6.34. The van der Waals surface area contributed by atoms with Gasteiger partial charge in [0.15, 0.2) is 0 Å². The molecule has 0 saturated carbocycles. The quantitative estimate of drug-likeness (QED) is 0.240. The number of phenols is 1. The van der Waals surface area contributed by atoms with Crippen molar-refractivity contribution in [3.05, 3.63) is 98.5 Å². The zero-order valence-corrected chi connectivity index (χ0v) is 22.2. The maximum Gasteiger partial charge on any atom is 0.224 e. The molecular formula is C29H34Cl2N2O3. The normalized spacial score (nSPS) is 12.8. The summed E-state index contributed by atoms with van der Waals surface area (Å²) >= 11 is 12.1. The molecule has 36 heavy (non-hydrogen) atoms. The number of nitrogens with one attached hydrogen (secondary N) is 2. The van der Waals surface area contributed by atoms with Crippen molar-refractivity contribution in [2.24, 2.45) is 0 Å². The molecule has 7 heteroatoms. The highest BCUT2D eigenvalue weighted by Crippen LogP contribution is 2.25. The molecule has 2 atom stereocenters. The molecule has 0 aliphatic heterocycles. The molecule has 0 fully saturated rings. The first-order valence-corrected chi connectivity index (χ1v) is 13.0. The van der Waals surface area contributed by atoms with Crippen LogP contribution < -0.4 is 10.6 Å². The first-order chi connectivity index (χ1) is 17.3. The molecule has 0 aromatic heterocycles. The second kappa shape index (κ2) is 13.7. The number of rotatable bonds is 12. The van der Waals surface area contributed by atoms with Gasteiger partial charge < -0.3 is 20.8 Å². The molecule has 0 heterocycles. The molecule has 1 amide bonds. The second-order valence-corrected chi connectivity index (χ2v) is 10.1. The first kappa shape index (κ1) is 28.0. The lowest BCUT2D eigenvalue weighted by molar-refractivity contribution is -0.120. The van der Waals surface area contributed by atoms with Gasteiger partial charge in [-0.1, -0.05) is 60.5 Å². The molecule has 3 rings (SSSR count). The third-order valence-corrected chi connectivity index (χ3v) is 6.70. The number of benzene rings is 3. The van der Waals surface area contributed by atoms with Crippen LogP contribution >= 0.6 is 23.2 Å². The molecule has 0 bridgehead atoms. The lowest BCUT2D eigenvalue weighted by atomic mass is 9.94. The standard InChI is InChI=1S/C29H34Cl2N2O3/c1-3-23(24-7-8-28(35)25(14-24)18-34)17-32-19(2)9-20-5-4-6-21(10-20)13-29(36)33-16-22-11-26(30)15-27(31)12-22/h4-8,10-12,14-15,19,23,32,34-35H,3,9,13,16-18H2,1-2H3,(H,33,36). The molecule has 0 aliphatic carbocycles. The van der Waals surface area contributed by atoms with Crippen LogP contribution in [0.3, 0.4) is 0 Å². The van der Waals surface area contributed by atoms with Gasteiger partial charge >= 0.3 is 0 Å². The summed E-state index contributed by atoms with van der Waals surface area (Å²) in [5, 5.41) is 26.9. The number of hydrogen-bond donors (Lipinski definition) is 4. The maximum absolute atomic E-state index is 12.5. The summed E-state index contributed by atoms with van der Waals surface area (Å²) < 4.78 is 0. The van der Waals surface area contributed by atoms with Crippen molar-refractivity contribution in [1.29, 1.82) is 0 Å². The minimum absolute atomic E-state index is 0.0589. The lowest BCUT2D eigenvalue weighted by Crippen LogP contribution is -2.32. The van der Waals surface area contributed by atoms with Crippen LogP contribution in [0.2, 0.25) is 10.0 Å². The molecule has 3 aromatic carbocycles. The van der Waals surface area contributed by atoms with Gasteiger partial charge in [-0.3, -0.25) is 4.79 Å². The Balaban J connectivity index is 1.51. The highest BCUT2D eigenvalue weighted by atomic mass is 35.5. The SMILES string of the molecule is CCC(CNC(C)Cc1cccc(CC(=O)NCc2cc(Cl)cc(Cl)c2)c1)c1ccc(O)c(CO)c1. The van der Waals surface area contributed by atoms with Crippen LogP contribution in [-0.4, -0.2) is 28.7 Å². The zero-order chi connectivity index (χ0) is 26.1. The van der Waals surface area contributed by atoms with Crippen molar-refractivity contribution in [3.63, 3.8) is 0 Å². The summed E-state index contributed by atoms with van der Waals surface area (Å²) in [6, 6.07) is 19.1. The van der Waals surface area contributed by atoms with Crippen LogP contribution in [0, 0.1) is 0 Å². The molecule has 0 aliphatic rings. The Hall–Kier alpha value is -2.57. The average molecular weight is 530 g/mol. The van der Waals surface area contributed by atoms with Gasteiger partial charge in [0, 0.05) is 34.7 Å². The van der Waals surface area contributed by atoms with Gasteiger partial charge in [-0.25, -0.2) is 0 Å². The number of carbonyl (C=O) groups is 1. The van der Waals surface area contributed by atoms with Gasteiger partial charge in [0.2, 0.25) is 5.91 Å². The van der Waals surface area contributed by atoms with Crippen molar-refractivity contribution >= 4 is 29.1 Å². The van der Waals surface area contributed by atoms with E-state index in [1.165, 1.54) is 5.56 Å². The Morgan fingerprint density at radius 2 is 1.69 bits per heavy atom. The molecule has 4 N–H and O–H groups in total. The summed E-state index contributed by atoms with van der Waals surface area (Å²) in [6.45, 7) is 5.28. The van der Waals surface area contributed by atoms with E-state index in [4.69, 9.17) is 23.2 Å². The van der Waals surface area contributed by atoms with E-state index < -0.39 is 0 Å². The summed E-state index contributed by atoms with van der Waals surface area (Å²) in [4.78, 5) is 12.5. The largest absolute Gasteiger partial charge is 0.508 e. The number of amides is 1.